The maximum absolute atomic E-state index is 12.9. The molecule has 1 aromatic carbocycles. The van der Waals surface area contributed by atoms with E-state index in [0.717, 1.165) is 12.8 Å². The number of hydrogen-bond acceptors (Lipinski definition) is 3. The zero-order valence-electron chi connectivity index (χ0n) is 15.7. The number of hydrogen-bond donors (Lipinski definition) is 2. The molecule has 0 radical (unpaired) electrons. The number of H-pyrrole nitrogens is 1. The SMILES string of the molecule is Cn1c(=S)[nH]c2cc(C(=O)N[C@H]3C[C@H]4CC[C@@]3(C)C4(C)C)ccc2c1=O. The van der Waals surface area contributed by atoms with E-state index in [4.69, 9.17) is 12.2 Å². The van der Waals surface area contributed by atoms with Gasteiger partial charge in [0.2, 0.25) is 0 Å². The summed E-state index contributed by atoms with van der Waals surface area (Å²) in [6.07, 6.45) is 3.47. The highest BCUT2D eigenvalue weighted by Gasteiger charge is 2.61. The third-order valence-electron chi connectivity index (χ3n) is 7.46. The molecule has 1 aromatic heterocycles. The second-order valence-corrected chi connectivity index (χ2v) is 9.08. The zero-order valence-corrected chi connectivity index (χ0v) is 16.5. The van der Waals surface area contributed by atoms with Crippen molar-refractivity contribution in [3.63, 3.8) is 0 Å². The minimum atomic E-state index is -0.155. The minimum absolute atomic E-state index is 0.0820. The standard InChI is InChI=1S/C20H25N3O2S/c1-19(2)12-7-8-20(19,3)15(10-12)22-16(24)11-5-6-13-14(9-11)21-18(26)23(4)17(13)25/h5-6,9,12,15H,7-8,10H2,1-4H3,(H,21,26)(H,22,24)/t12-,15+,20-/m1/s1. The fourth-order valence-corrected chi connectivity index (χ4v) is 5.30. The Kier molecular flexibility index (Phi) is 3.71. The van der Waals surface area contributed by atoms with Crippen LogP contribution in [0.4, 0.5) is 0 Å². The highest BCUT2D eigenvalue weighted by atomic mass is 32.1. The summed E-state index contributed by atoms with van der Waals surface area (Å²) in [7, 11) is 1.64. The van der Waals surface area contributed by atoms with Crippen LogP contribution in [-0.2, 0) is 7.05 Å². The predicted molar refractivity (Wildman–Crippen MR) is 105 cm³/mol. The Morgan fingerprint density at radius 1 is 1.35 bits per heavy atom. The van der Waals surface area contributed by atoms with Gasteiger partial charge in [-0.05, 0) is 66.4 Å². The lowest BCUT2D eigenvalue weighted by Crippen LogP contribution is -2.46. The van der Waals surface area contributed by atoms with Gasteiger partial charge in [0.05, 0.1) is 10.9 Å². The van der Waals surface area contributed by atoms with E-state index in [1.807, 2.05) is 0 Å². The highest BCUT2D eigenvalue weighted by molar-refractivity contribution is 7.71. The molecule has 3 atom stereocenters. The zero-order chi connectivity index (χ0) is 18.9. The normalized spacial score (nSPS) is 29.2. The fraction of sp³-hybridized carbons (Fsp3) is 0.550. The van der Waals surface area contributed by atoms with Crippen molar-refractivity contribution in [1.29, 1.82) is 0 Å². The first-order chi connectivity index (χ1) is 12.1. The van der Waals surface area contributed by atoms with Crippen molar-refractivity contribution in [3.05, 3.63) is 38.9 Å². The molecular weight excluding hydrogens is 346 g/mol. The lowest BCUT2D eigenvalue weighted by atomic mass is 9.69. The number of benzene rings is 1. The van der Waals surface area contributed by atoms with Crippen molar-refractivity contribution in [2.24, 2.45) is 23.8 Å². The number of nitrogens with zero attached hydrogens (tertiary/aromatic N) is 1. The number of rotatable bonds is 2. The molecule has 2 saturated carbocycles. The molecule has 0 unspecified atom stereocenters. The summed E-state index contributed by atoms with van der Waals surface area (Å²) in [6.45, 7) is 6.98. The molecule has 5 nitrogen and oxygen atoms in total. The number of amides is 1. The van der Waals surface area contributed by atoms with Gasteiger partial charge in [-0.2, -0.15) is 0 Å². The van der Waals surface area contributed by atoms with Gasteiger partial charge in [-0.25, -0.2) is 0 Å². The molecule has 1 heterocycles. The highest BCUT2D eigenvalue weighted by Crippen LogP contribution is 2.65. The van der Waals surface area contributed by atoms with Gasteiger partial charge in [-0.1, -0.05) is 20.8 Å². The molecule has 138 valence electrons. The molecule has 4 rings (SSSR count). The van der Waals surface area contributed by atoms with Crippen LogP contribution in [0.1, 0.15) is 50.4 Å². The number of fused-ring (bicyclic) bond motifs is 3. The number of nitrogens with one attached hydrogen (secondary N) is 2. The summed E-state index contributed by atoms with van der Waals surface area (Å²) in [4.78, 5) is 28.2. The van der Waals surface area contributed by atoms with Crippen LogP contribution in [0.5, 0.6) is 0 Å². The van der Waals surface area contributed by atoms with E-state index < -0.39 is 0 Å². The number of carbonyl (C=O) groups excluding carboxylic acids is 1. The van der Waals surface area contributed by atoms with E-state index in [1.165, 1.54) is 11.0 Å². The second kappa shape index (κ2) is 5.52. The van der Waals surface area contributed by atoms with Gasteiger partial charge in [0.25, 0.3) is 11.5 Å². The average Bonchev–Trinajstić information content (AvgIpc) is 2.92. The molecule has 2 N–H and O–H groups in total. The molecule has 0 spiro atoms. The van der Waals surface area contributed by atoms with Gasteiger partial charge in [0, 0.05) is 18.7 Å². The molecule has 1 amide bonds. The predicted octanol–water partition coefficient (Wildman–Crippen LogP) is 3.54. The lowest BCUT2D eigenvalue weighted by molar-refractivity contribution is 0.0826. The summed E-state index contributed by atoms with van der Waals surface area (Å²) < 4.78 is 1.75. The Labute approximate surface area is 157 Å². The lowest BCUT2D eigenvalue weighted by Gasteiger charge is -2.39. The van der Waals surface area contributed by atoms with Crippen LogP contribution in [0.3, 0.4) is 0 Å². The summed E-state index contributed by atoms with van der Waals surface area (Å²) in [5.74, 6) is 0.593. The first kappa shape index (κ1) is 17.5. The molecule has 2 bridgehead atoms. The van der Waals surface area contributed by atoms with Gasteiger partial charge in [0.15, 0.2) is 4.77 Å². The van der Waals surface area contributed by atoms with E-state index in [2.05, 4.69) is 31.1 Å². The van der Waals surface area contributed by atoms with E-state index in [-0.39, 0.29) is 28.3 Å². The third-order valence-corrected chi connectivity index (χ3v) is 7.84. The monoisotopic (exact) mass is 371 g/mol. The molecule has 26 heavy (non-hydrogen) atoms. The summed E-state index contributed by atoms with van der Waals surface area (Å²) in [5, 5.41) is 3.80. The molecule has 0 saturated heterocycles. The molecule has 2 fully saturated rings. The second-order valence-electron chi connectivity index (χ2n) is 8.69. The molecule has 2 aromatic rings. The van der Waals surface area contributed by atoms with Crippen molar-refractivity contribution in [2.45, 2.75) is 46.1 Å². The Balaban J connectivity index is 1.65. The van der Waals surface area contributed by atoms with Crippen molar-refractivity contribution < 1.29 is 4.79 Å². The quantitative estimate of drug-likeness (QED) is 0.794. The van der Waals surface area contributed by atoms with Crippen LogP contribution < -0.4 is 10.9 Å². The van der Waals surface area contributed by atoms with E-state index in [9.17, 15) is 9.59 Å². The molecule has 6 heteroatoms. The van der Waals surface area contributed by atoms with E-state index in [0.29, 0.717) is 27.2 Å². The van der Waals surface area contributed by atoms with Crippen LogP contribution in [0, 0.1) is 21.5 Å². The van der Waals surface area contributed by atoms with Crippen molar-refractivity contribution in [1.82, 2.24) is 14.9 Å². The first-order valence-electron chi connectivity index (χ1n) is 9.19. The summed E-state index contributed by atoms with van der Waals surface area (Å²) in [6, 6.07) is 5.34. The van der Waals surface area contributed by atoms with Crippen molar-refractivity contribution in [2.75, 3.05) is 0 Å². The third kappa shape index (κ3) is 2.24. The van der Waals surface area contributed by atoms with Gasteiger partial charge in [-0.15, -0.1) is 0 Å². The largest absolute Gasteiger partial charge is 0.349 e. The summed E-state index contributed by atoms with van der Waals surface area (Å²) >= 11 is 5.18. The Bertz CT molecular complexity index is 1040. The Hall–Kier alpha value is -1.95. The Morgan fingerprint density at radius 3 is 2.69 bits per heavy atom. The van der Waals surface area contributed by atoms with Crippen molar-refractivity contribution >= 4 is 29.0 Å². The number of aromatic nitrogens is 2. The fourth-order valence-electron chi connectivity index (χ4n) is 5.11. The Morgan fingerprint density at radius 2 is 2.08 bits per heavy atom. The van der Waals surface area contributed by atoms with Gasteiger partial charge in [0.1, 0.15) is 0 Å². The summed E-state index contributed by atoms with van der Waals surface area (Å²) in [5.41, 5.74) is 1.40. The maximum Gasteiger partial charge on any atom is 0.261 e. The van der Waals surface area contributed by atoms with Gasteiger partial charge >= 0.3 is 0 Å². The molecule has 2 aliphatic rings. The van der Waals surface area contributed by atoms with E-state index >= 15 is 0 Å². The van der Waals surface area contributed by atoms with Crippen LogP contribution in [0.25, 0.3) is 10.9 Å². The van der Waals surface area contributed by atoms with E-state index in [1.54, 1.807) is 25.2 Å². The molecular formula is C20H25N3O2S. The van der Waals surface area contributed by atoms with Crippen LogP contribution in [0.15, 0.2) is 23.0 Å². The smallest absolute Gasteiger partial charge is 0.261 e. The minimum Gasteiger partial charge on any atom is -0.349 e. The average molecular weight is 372 g/mol. The molecule has 0 aliphatic heterocycles. The first-order valence-corrected chi connectivity index (χ1v) is 9.60. The van der Waals surface area contributed by atoms with Gasteiger partial charge in [-0.3, -0.25) is 14.2 Å². The van der Waals surface area contributed by atoms with Crippen LogP contribution in [0.2, 0.25) is 0 Å². The van der Waals surface area contributed by atoms with Crippen LogP contribution >= 0.6 is 12.2 Å². The number of carbonyl (C=O) groups is 1. The van der Waals surface area contributed by atoms with Crippen molar-refractivity contribution in [3.8, 4) is 0 Å². The topological polar surface area (TPSA) is 66.9 Å². The van der Waals surface area contributed by atoms with Crippen LogP contribution in [-0.4, -0.2) is 21.5 Å². The molecule has 2 aliphatic carbocycles. The number of aromatic amines is 1. The maximum atomic E-state index is 12.9. The van der Waals surface area contributed by atoms with Gasteiger partial charge < -0.3 is 10.3 Å².